The van der Waals surface area contributed by atoms with Crippen molar-refractivity contribution in [1.82, 2.24) is 9.97 Å². The van der Waals surface area contributed by atoms with Gasteiger partial charge in [0, 0.05) is 0 Å². The van der Waals surface area contributed by atoms with Crippen molar-refractivity contribution in [3.63, 3.8) is 0 Å². The van der Waals surface area contributed by atoms with Gasteiger partial charge in [0.2, 0.25) is 5.95 Å². The standard InChI is InChI=1S/C15H16F2N8/c1-7(18)25(24-20)13-5-12(10(16)4-9(13)8-2-3-8)22-15-21-6-11(17)14(19)23-15/h4-6,8,18,20H,2-3H2,1H3,(H3,19,21,22,23). The van der Waals surface area contributed by atoms with Gasteiger partial charge in [-0.3, -0.25) is 5.41 Å². The van der Waals surface area contributed by atoms with Crippen molar-refractivity contribution in [3.05, 3.63) is 35.5 Å². The van der Waals surface area contributed by atoms with E-state index in [0.717, 1.165) is 24.0 Å². The van der Waals surface area contributed by atoms with Crippen LogP contribution in [0.15, 0.2) is 23.6 Å². The monoisotopic (exact) mass is 346 g/mol. The Morgan fingerprint density at radius 1 is 1.36 bits per heavy atom. The Kier molecular flexibility index (Phi) is 4.26. The maximum atomic E-state index is 14.5. The highest BCUT2D eigenvalue weighted by Gasteiger charge is 2.30. The zero-order valence-electron chi connectivity index (χ0n) is 13.3. The Morgan fingerprint density at radius 3 is 2.64 bits per heavy atom. The lowest BCUT2D eigenvalue weighted by molar-refractivity contribution is 0.619. The molecule has 1 fully saturated rings. The molecule has 1 aliphatic carbocycles. The smallest absolute Gasteiger partial charge is 0.229 e. The van der Waals surface area contributed by atoms with E-state index in [4.69, 9.17) is 16.7 Å². The van der Waals surface area contributed by atoms with E-state index in [1.165, 1.54) is 19.1 Å². The first-order chi connectivity index (χ1) is 11.9. The van der Waals surface area contributed by atoms with Crippen LogP contribution in [0.4, 0.5) is 31.9 Å². The first-order valence-electron chi connectivity index (χ1n) is 7.52. The minimum atomic E-state index is -0.769. The molecule has 25 heavy (non-hydrogen) atoms. The van der Waals surface area contributed by atoms with Crippen molar-refractivity contribution in [2.75, 3.05) is 16.1 Å². The average molecular weight is 346 g/mol. The lowest BCUT2D eigenvalue weighted by Crippen LogP contribution is -2.22. The predicted octanol–water partition coefficient (Wildman–Crippen LogP) is 3.71. The zero-order valence-corrected chi connectivity index (χ0v) is 13.3. The molecule has 10 heteroatoms. The fraction of sp³-hybridized carbons (Fsp3) is 0.267. The minimum absolute atomic E-state index is 0.0142. The number of hydrogen-bond donors (Lipinski definition) is 4. The summed E-state index contributed by atoms with van der Waals surface area (Å²) in [7, 11) is 0. The number of nitrogens with one attached hydrogen (secondary N) is 3. The van der Waals surface area contributed by atoms with Crippen LogP contribution in [0.25, 0.3) is 0 Å². The third-order valence-corrected chi connectivity index (χ3v) is 3.80. The third-order valence-electron chi connectivity index (χ3n) is 3.80. The molecule has 3 rings (SSSR count). The van der Waals surface area contributed by atoms with Crippen LogP contribution >= 0.6 is 0 Å². The van der Waals surface area contributed by atoms with Crippen LogP contribution in [0.3, 0.4) is 0 Å². The number of nitrogens with zero attached hydrogens (tertiary/aromatic N) is 4. The lowest BCUT2D eigenvalue weighted by atomic mass is 10.1. The molecule has 5 N–H and O–H groups in total. The highest BCUT2D eigenvalue weighted by atomic mass is 19.1. The summed E-state index contributed by atoms with van der Waals surface area (Å²) in [4.78, 5) is 7.42. The first kappa shape index (κ1) is 16.7. The van der Waals surface area contributed by atoms with Crippen molar-refractivity contribution < 1.29 is 8.78 Å². The molecule has 1 heterocycles. The van der Waals surface area contributed by atoms with E-state index in [-0.39, 0.29) is 29.2 Å². The summed E-state index contributed by atoms with van der Waals surface area (Å²) in [5.41, 5.74) is 13.8. The molecule has 0 radical (unpaired) electrons. The van der Waals surface area contributed by atoms with Gasteiger partial charge in [0.05, 0.1) is 17.6 Å². The number of anilines is 4. The van der Waals surface area contributed by atoms with Crippen molar-refractivity contribution in [3.8, 4) is 0 Å². The molecule has 1 aliphatic rings. The third kappa shape index (κ3) is 3.37. The van der Waals surface area contributed by atoms with Gasteiger partial charge in [-0.2, -0.15) is 10.5 Å². The summed E-state index contributed by atoms with van der Waals surface area (Å²) in [6.07, 6.45) is 2.72. The molecule has 2 aromatic rings. The molecule has 0 saturated heterocycles. The van der Waals surface area contributed by atoms with E-state index in [1.807, 2.05) is 0 Å². The predicted molar refractivity (Wildman–Crippen MR) is 89.1 cm³/mol. The zero-order chi connectivity index (χ0) is 18.1. The summed E-state index contributed by atoms with van der Waals surface area (Å²) in [5.74, 6) is -1.54. The maximum absolute atomic E-state index is 14.5. The molecule has 1 aromatic carbocycles. The van der Waals surface area contributed by atoms with E-state index >= 15 is 0 Å². The fourth-order valence-corrected chi connectivity index (χ4v) is 2.45. The number of aromatic nitrogens is 2. The van der Waals surface area contributed by atoms with Crippen molar-refractivity contribution >= 4 is 29.0 Å². The quantitative estimate of drug-likeness (QED) is 0.284. The molecule has 0 unspecified atom stereocenters. The second-order valence-corrected chi connectivity index (χ2v) is 5.71. The molecule has 0 bridgehead atoms. The van der Waals surface area contributed by atoms with Crippen LogP contribution in [0.1, 0.15) is 31.2 Å². The topological polar surface area (TPSA) is 127 Å². The Bertz CT molecular complexity index is 850. The number of halogens is 2. The summed E-state index contributed by atoms with van der Waals surface area (Å²) in [6.45, 7) is 1.48. The van der Waals surface area contributed by atoms with Gasteiger partial charge in [-0.15, -0.1) is 0 Å². The number of rotatable bonds is 5. The van der Waals surface area contributed by atoms with Gasteiger partial charge in [0.15, 0.2) is 11.6 Å². The number of benzene rings is 1. The molecule has 1 saturated carbocycles. The molecular formula is C15H16F2N8. The number of amidine groups is 1. The number of nitrogens with two attached hydrogens (primary N) is 1. The van der Waals surface area contributed by atoms with Crippen LogP contribution < -0.4 is 16.1 Å². The molecule has 1 aromatic heterocycles. The molecule has 8 nitrogen and oxygen atoms in total. The van der Waals surface area contributed by atoms with E-state index in [1.54, 1.807) is 0 Å². The average Bonchev–Trinajstić information content (AvgIpc) is 3.38. The summed E-state index contributed by atoms with van der Waals surface area (Å²) >= 11 is 0. The Balaban J connectivity index is 2.03. The van der Waals surface area contributed by atoms with Crippen LogP contribution in [0.2, 0.25) is 0 Å². The molecule has 130 valence electrons. The number of nitrogen functional groups attached to an aromatic ring is 1. The minimum Gasteiger partial charge on any atom is -0.381 e. The van der Waals surface area contributed by atoms with Crippen LogP contribution in [-0.4, -0.2) is 15.8 Å². The Labute approximate surface area is 142 Å². The van der Waals surface area contributed by atoms with E-state index in [0.29, 0.717) is 11.3 Å². The fourth-order valence-electron chi connectivity index (χ4n) is 2.45. The Morgan fingerprint density at radius 2 is 2.08 bits per heavy atom. The largest absolute Gasteiger partial charge is 0.381 e. The second-order valence-electron chi connectivity index (χ2n) is 5.71. The highest BCUT2D eigenvalue weighted by molar-refractivity contribution is 5.94. The van der Waals surface area contributed by atoms with Gasteiger partial charge in [-0.25, -0.2) is 18.8 Å². The van der Waals surface area contributed by atoms with Gasteiger partial charge >= 0.3 is 0 Å². The SMILES string of the molecule is CC(=N)N(N=N)c1cc(Nc2ncc(F)c(N)n2)c(F)cc1C1CC1. The molecular weight excluding hydrogens is 330 g/mol. The summed E-state index contributed by atoms with van der Waals surface area (Å²) in [5, 5.41) is 14.8. The van der Waals surface area contributed by atoms with Gasteiger partial charge in [0.1, 0.15) is 11.7 Å². The van der Waals surface area contributed by atoms with Crippen LogP contribution in [0.5, 0.6) is 0 Å². The molecule has 0 amide bonds. The summed E-state index contributed by atoms with van der Waals surface area (Å²) in [6, 6.07) is 2.78. The second kappa shape index (κ2) is 6.38. The van der Waals surface area contributed by atoms with E-state index in [9.17, 15) is 8.78 Å². The van der Waals surface area contributed by atoms with Crippen LogP contribution in [0, 0.1) is 22.6 Å². The van der Waals surface area contributed by atoms with Crippen molar-refractivity contribution in [2.45, 2.75) is 25.7 Å². The number of hydrogen-bond acceptors (Lipinski definition) is 7. The maximum Gasteiger partial charge on any atom is 0.229 e. The van der Waals surface area contributed by atoms with E-state index < -0.39 is 11.6 Å². The van der Waals surface area contributed by atoms with Gasteiger partial charge in [0.25, 0.3) is 0 Å². The molecule has 0 atom stereocenters. The lowest BCUT2D eigenvalue weighted by Gasteiger charge is -2.20. The van der Waals surface area contributed by atoms with Crippen molar-refractivity contribution in [2.24, 2.45) is 5.22 Å². The molecule has 0 spiro atoms. The first-order valence-corrected chi connectivity index (χ1v) is 7.52. The normalized spacial score (nSPS) is 13.4. The summed E-state index contributed by atoms with van der Waals surface area (Å²) < 4.78 is 27.6. The van der Waals surface area contributed by atoms with Gasteiger partial charge < -0.3 is 11.1 Å². The van der Waals surface area contributed by atoms with Gasteiger partial charge in [-0.1, -0.05) is 5.22 Å². The molecule has 0 aliphatic heterocycles. The van der Waals surface area contributed by atoms with Crippen molar-refractivity contribution in [1.29, 1.82) is 10.9 Å². The Hall–Kier alpha value is -3.17. The van der Waals surface area contributed by atoms with Gasteiger partial charge in [-0.05, 0) is 43.4 Å². The van der Waals surface area contributed by atoms with E-state index in [2.05, 4.69) is 20.5 Å². The highest BCUT2D eigenvalue weighted by Crippen LogP contribution is 2.46. The van der Waals surface area contributed by atoms with Crippen LogP contribution in [-0.2, 0) is 0 Å².